The zero-order chi connectivity index (χ0) is 12.8. The molecule has 0 unspecified atom stereocenters. The average molecular weight is 237 g/mol. The molecule has 0 atom stereocenters. The van der Waals surface area contributed by atoms with Crippen molar-refractivity contribution in [3.8, 4) is 0 Å². The maximum atomic E-state index is 11.0. The molecule has 0 heterocycles. The molecule has 0 spiro atoms. The lowest BCUT2D eigenvalue weighted by Gasteiger charge is -2.08. The minimum atomic E-state index is -0.430. The van der Waals surface area contributed by atoms with Gasteiger partial charge < -0.3 is 4.74 Å². The van der Waals surface area contributed by atoms with E-state index in [0.717, 1.165) is 11.1 Å². The van der Waals surface area contributed by atoms with Crippen LogP contribution in [0.4, 0.5) is 5.69 Å². The molecule has 0 aliphatic heterocycles. The standard InChI is InChI=1S/C12H15NO4/c1-3-9-7-11(13(15)16)6-5-10(9)8-17-12(14)4-2/h5-7H,3-4,8H2,1-2H3. The minimum absolute atomic E-state index is 0.0624. The number of nitro groups is 1. The molecule has 1 aromatic rings. The number of carbonyl (C=O) groups is 1. The largest absolute Gasteiger partial charge is 0.461 e. The number of nitrogens with zero attached hydrogens (tertiary/aromatic N) is 1. The minimum Gasteiger partial charge on any atom is -0.461 e. The molecule has 0 aliphatic carbocycles. The van der Waals surface area contributed by atoms with Gasteiger partial charge in [-0.1, -0.05) is 13.8 Å². The van der Waals surface area contributed by atoms with Gasteiger partial charge in [0.2, 0.25) is 0 Å². The second kappa shape index (κ2) is 5.98. The third-order valence-electron chi connectivity index (χ3n) is 2.46. The Morgan fingerprint density at radius 1 is 1.35 bits per heavy atom. The average Bonchev–Trinajstić information content (AvgIpc) is 2.35. The molecule has 5 nitrogen and oxygen atoms in total. The number of ether oxygens (including phenoxy) is 1. The Balaban J connectivity index is 2.85. The molecule has 0 aromatic heterocycles. The van der Waals surface area contributed by atoms with Crippen LogP contribution in [0.2, 0.25) is 0 Å². The summed E-state index contributed by atoms with van der Waals surface area (Å²) in [5.41, 5.74) is 1.72. The van der Waals surface area contributed by atoms with Crippen molar-refractivity contribution in [3.63, 3.8) is 0 Å². The van der Waals surface area contributed by atoms with Crippen LogP contribution in [0.3, 0.4) is 0 Å². The fourth-order valence-corrected chi connectivity index (χ4v) is 1.46. The van der Waals surface area contributed by atoms with Gasteiger partial charge in [0.1, 0.15) is 6.61 Å². The van der Waals surface area contributed by atoms with Crippen molar-refractivity contribution in [2.45, 2.75) is 33.3 Å². The number of nitro benzene ring substituents is 1. The molecule has 0 bridgehead atoms. The van der Waals surface area contributed by atoms with Crippen molar-refractivity contribution in [2.24, 2.45) is 0 Å². The first kappa shape index (κ1) is 13.2. The molecule has 0 aliphatic rings. The van der Waals surface area contributed by atoms with Gasteiger partial charge in [0.05, 0.1) is 4.92 Å². The van der Waals surface area contributed by atoms with E-state index < -0.39 is 4.92 Å². The van der Waals surface area contributed by atoms with Crippen LogP contribution in [0, 0.1) is 10.1 Å². The number of non-ortho nitro benzene ring substituents is 1. The summed E-state index contributed by atoms with van der Waals surface area (Å²) in [5.74, 6) is -0.273. The van der Waals surface area contributed by atoms with Gasteiger partial charge >= 0.3 is 5.97 Å². The van der Waals surface area contributed by atoms with Gasteiger partial charge in [-0.3, -0.25) is 14.9 Å². The SMILES string of the molecule is CCC(=O)OCc1ccc([N+](=O)[O-])cc1CC. The summed E-state index contributed by atoms with van der Waals surface area (Å²) >= 11 is 0. The summed E-state index contributed by atoms with van der Waals surface area (Å²) in [5, 5.41) is 10.6. The Morgan fingerprint density at radius 2 is 2.06 bits per heavy atom. The molecule has 0 saturated carbocycles. The van der Waals surface area contributed by atoms with E-state index in [1.54, 1.807) is 13.0 Å². The monoisotopic (exact) mass is 237 g/mol. The lowest BCUT2D eigenvalue weighted by molar-refractivity contribution is -0.384. The first-order valence-corrected chi connectivity index (χ1v) is 5.50. The molecule has 5 heteroatoms. The Morgan fingerprint density at radius 3 is 2.59 bits per heavy atom. The van der Waals surface area contributed by atoms with Crippen molar-refractivity contribution < 1.29 is 14.5 Å². The number of esters is 1. The summed E-state index contributed by atoms with van der Waals surface area (Å²) < 4.78 is 5.01. The van der Waals surface area contributed by atoms with E-state index in [2.05, 4.69) is 0 Å². The molecular formula is C12H15NO4. The Labute approximate surface area is 99.5 Å². The van der Waals surface area contributed by atoms with Crippen LogP contribution in [0.1, 0.15) is 31.4 Å². The van der Waals surface area contributed by atoms with Crippen molar-refractivity contribution in [1.82, 2.24) is 0 Å². The topological polar surface area (TPSA) is 69.4 Å². The smallest absolute Gasteiger partial charge is 0.305 e. The summed E-state index contributed by atoms with van der Waals surface area (Å²) in [6, 6.07) is 4.59. The normalized spacial score (nSPS) is 10.0. The van der Waals surface area contributed by atoms with Crippen LogP contribution in [-0.2, 0) is 22.6 Å². The van der Waals surface area contributed by atoms with Crippen LogP contribution in [0.15, 0.2) is 18.2 Å². The van der Waals surface area contributed by atoms with Gasteiger partial charge in [0.25, 0.3) is 5.69 Å². The lowest BCUT2D eigenvalue weighted by Crippen LogP contribution is -2.04. The molecule has 0 amide bonds. The Bertz CT molecular complexity index is 429. The second-order valence-electron chi connectivity index (χ2n) is 3.58. The van der Waals surface area contributed by atoms with Gasteiger partial charge in [-0.2, -0.15) is 0 Å². The fraction of sp³-hybridized carbons (Fsp3) is 0.417. The highest BCUT2D eigenvalue weighted by atomic mass is 16.6. The van der Waals surface area contributed by atoms with Crippen molar-refractivity contribution >= 4 is 11.7 Å². The number of carbonyl (C=O) groups excluding carboxylic acids is 1. The summed E-state index contributed by atoms with van der Waals surface area (Å²) in [6.07, 6.45) is 0.995. The highest BCUT2D eigenvalue weighted by Gasteiger charge is 2.10. The molecule has 0 N–H and O–H groups in total. The first-order chi connectivity index (χ1) is 8.08. The van der Waals surface area contributed by atoms with Crippen LogP contribution in [0.25, 0.3) is 0 Å². The van der Waals surface area contributed by atoms with Gasteiger partial charge in [-0.15, -0.1) is 0 Å². The molecular weight excluding hydrogens is 222 g/mol. The van der Waals surface area contributed by atoms with Crippen molar-refractivity contribution in [1.29, 1.82) is 0 Å². The van der Waals surface area contributed by atoms with E-state index in [1.807, 2.05) is 6.92 Å². The van der Waals surface area contributed by atoms with E-state index in [1.165, 1.54) is 12.1 Å². The highest BCUT2D eigenvalue weighted by molar-refractivity contribution is 5.68. The molecule has 1 aromatic carbocycles. The van der Waals surface area contributed by atoms with Crippen LogP contribution in [-0.4, -0.2) is 10.9 Å². The quantitative estimate of drug-likeness (QED) is 0.448. The van der Waals surface area contributed by atoms with E-state index in [4.69, 9.17) is 4.74 Å². The third-order valence-corrected chi connectivity index (χ3v) is 2.46. The zero-order valence-corrected chi connectivity index (χ0v) is 9.93. The zero-order valence-electron chi connectivity index (χ0n) is 9.93. The predicted molar refractivity (Wildman–Crippen MR) is 62.6 cm³/mol. The van der Waals surface area contributed by atoms with Crippen LogP contribution < -0.4 is 0 Å². The number of benzene rings is 1. The number of rotatable bonds is 5. The van der Waals surface area contributed by atoms with Gasteiger partial charge in [0, 0.05) is 18.6 Å². The van der Waals surface area contributed by atoms with E-state index >= 15 is 0 Å². The van der Waals surface area contributed by atoms with Gasteiger partial charge in [0.15, 0.2) is 0 Å². The third kappa shape index (κ3) is 3.55. The molecule has 0 fully saturated rings. The lowest BCUT2D eigenvalue weighted by atomic mass is 10.1. The van der Waals surface area contributed by atoms with E-state index in [9.17, 15) is 14.9 Å². The van der Waals surface area contributed by atoms with Crippen LogP contribution >= 0.6 is 0 Å². The predicted octanol–water partition coefficient (Wildman–Crippen LogP) is 2.61. The summed E-state index contributed by atoms with van der Waals surface area (Å²) in [6.45, 7) is 3.80. The van der Waals surface area contributed by atoms with E-state index in [-0.39, 0.29) is 18.3 Å². The van der Waals surface area contributed by atoms with Gasteiger partial charge in [-0.05, 0) is 23.6 Å². The summed E-state index contributed by atoms with van der Waals surface area (Å²) in [7, 11) is 0. The van der Waals surface area contributed by atoms with E-state index in [0.29, 0.717) is 12.8 Å². The molecule has 0 saturated heterocycles. The maximum Gasteiger partial charge on any atom is 0.305 e. The second-order valence-corrected chi connectivity index (χ2v) is 3.58. The van der Waals surface area contributed by atoms with Gasteiger partial charge in [-0.25, -0.2) is 0 Å². The molecule has 92 valence electrons. The summed E-state index contributed by atoms with van der Waals surface area (Å²) in [4.78, 5) is 21.2. The highest BCUT2D eigenvalue weighted by Crippen LogP contribution is 2.19. The fourth-order valence-electron chi connectivity index (χ4n) is 1.46. The Kier molecular flexibility index (Phi) is 4.63. The molecule has 1 rings (SSSR count). The number of hydrogen-bond acceptors (Lipinski definition) is 4. The number of aryl methyl sites for hydroxylation is 1. The molecule has 0 radical (unpaired) electrons. The van der Waals surface area contributed by atoms with Crippen LogP contribution in [0.5, 0.6) is 0 Å². The number of hydrogen-bond donors (Lipinski definition) is 0. The molecule has 17 heavy (non-hydrogen) atoms. The van der Waals surface area contributed by atoms with Crippen molar-refractivity contribution in [3.05, 3.63) is 39.4 Å². The Hall–Kier alpha value is -1.91. The first-order valence-electron chi connectivity index (χ1n) is 5.50. The van der Waals surface area contributed by atoms with Crippen molar-refractivity contribution in [2.75, 3.05) is 0 Å². The maximum absolute atomic E-state index is 11.0.